The van der Waals surface area contributed by atoms with Crippen molar-refractivity contribution in [1.82, 2.24) is 14.9 Å². The fourth-order valence-electron chi connectivity index (χ4n) is 3.71. The maximum absolute atomic E-state index is 12.7. The molecule has 0 radical (unpaired) electrons. The number of hydrogen-bond acceptors (Lipinski definition) is 5. The Labute approximate surface area is 157 Å². The third-order valence-electron chi connectivity index (χ3n) is 5.43. The van der Waals surface area contributed by atoms with E-state index in [0.29, 0.717) is 32.9 Å². The molecule has 2 heterocycles. The van der Waals surface area contributed by atoms with Crippen molar-refractivity contribution in [2.24, 2.45) is 0 Å². The Balaban J connectivity index is 1.50. The third kappa shape index (κ3) is 4.84. The summed E-state index contributed by atoms with van der Waals surface area (Å²) in [5.41, 5.74) is 3.31. The van der Waals surface area contributed by atoms with Gasteiger partial charge in [-0.15, -0.1) is 0 Å². The summed E-state index contributed by atoms with van der Waals surface area (Å²) in [4.78, 5) is 0. The molecule has 0 aliphatic carbocycles. The van der Waals surface area contributed by atoms with Crippen LogP contribution in [0.1, 0.15) is 36.5 Å². The van der Waals surface area contributed by atoms with Gasteiger partial charge in [0.05, 0.1) is 18.5 Å². The summed E-state index contributed by atoms with van der Waals surface area (Å²) in [6, 6.07) is 6.39. The third-order valence-corrected chi connectivity index (χ3v) is 7.58. The topological polar surface area (TPSA) is 70.7 Å². The molecule has 146 valence electrons. The number of rotatable bonds is 6. The molecule has 2 fully saturated rings. The van der Waals surface area contributed by atoms with Crippen LogP contribution in [0.2, 0.25) is 0 Å². The molecule has 26 heavy (non-hydrogen) atoms. The molecular formula is C19H31N3O3S. The summed E-state index contributed by atoms with van der Waals surface area (Å²) in [5, 5.41) is 6.42. The highest BCUT2D eigenvalue weighted by atomic mass is 32.2. The van der Waals surface area contributed by atoms with Gasteiger partial charge in [0.25, 0.3) is 0 Å². The van der Waals surface area contributed by atoms with Crippen LogP contribution in [0.25, 0.3) is 0 Å². The second kappa shape index (κ2) is 7.94. The van der Waals surface area contributed by atoms with Crippen molar-refractivity contribution in [1.29, 1.82) is 0 Å². The molecule has 0 spiro atoms. The predicted molar refractivity (Wildman–Crippen MR) is 103 cm³/mol. The summed E-state index contributed by atoms with van der Waals surface area (Å²) in [6.07, 6.45) is 1.64. The van der Waals surface area contributed by atoms with Gasteiger partial charge >= 0.3 is 0 Å². The van der Waals surface area contributed by atoms with Crippen LogP contribution in [-0.2, 0) is 21.4 Å². The van der Waals surface area contributed by atoms with E-state index < -0.39 is 10.0 Å². The van der Waals surface area contributed by atoms with Crippen LogP contribution in [0.3, 0.4) is 0 Å². The molecule has 2 aliphatic heterocycles. The number of nitrogens with one attached hydrogen (secondary N) is 2. The standard InChI is InChI=1S/C19H31N3O3S/c1-15-4-5-16(2)17(10-15)11-25-18-6-8-22(9-7-18)26(23,24)13-19(3)12-20-14-21-19/h4-5,10,18,20-21H,6-9,11-14H2,1-3H3/t19-/m0/s1. The lowest BCUT2D eigenvalue weighted by Gasteiger charge is -2.33. The number of nitrogens with zero attached hydrogens (tertiary/aromatic N) is 1. The van der Waals surface area contributed by atoms with Crippen LogP contribution in [0.4, 0.5) is 0 Å². The highest BCUT2D eigenvalue weighted by Crippen LogP contribution is 2.22. The Hall–Kier alpha value is -0.990. The van der Waals surface area contributed by atoms with Crippen molar-refractivity contribution >= 4 is 10.0 Å². The molecule has 0 unspecified atom stereocenters. The number of piperidine rings is 1. The van der Waals surface area contributed by atoms with E-state index in [-0.39, 0.29) is 17.4 Å². The Kier molecular flexibility index (Phi) is 6.04. The second-order valence-corrected chi connectivity index (χ2v) is 9.91. The zero-order chi connectivity index (χ0) is 18.8. The van der Waals surface area contributed by atoms with Gasteiger partial charge in [-0.25, -0.2) is 12.7 Å². The van der Waals surface area contributed by atoms with Gasteiger partial charge in [-0.1, -0.05) is 23.8 Å². The largest absolute Gasteiger partial charge is 0.373 e. The lowest BCUT2D eigenvalue weighted by molar-refractivity contribution is 0.00993. The summed E-state index contributed by atoms with van der Waals surface area (Å²) in [5.74, 6) is 0.140. The van der Waals surface area contributed by atoms with Crippen molar-refractivity contribution in [2.75, 3.05) is 32.1 Å². The normalized spacial score (nSPS) is 25.7. The smallest absolute Gasteiger partial charge is 0.215 e. The highest BCUT2D eigenvalue weighted by molar-refractivity contribution is 7.89. The van der Waals surface area contributed by atoms with Crippen molar-refractivity contribution in [3.05, 3.63) is 34.9 Å². The molecule has 0 aromatic heterocycles. The zero-order valence-corrected chi connectivity index (χ0v) is 16.9. The molecule has 0 amide bonds. The van der Waals surface area contributed by atoms with Crippen LogP contribution in [0.15, 0.2) is 18.2 Å². The second-order valence-electron chi connectivity index (χ2n) is 7.94. The summed E-state index contributed by atoms with van der Waals surface area (Å²) >= 11 is 0. The van der Waals surface area contributed by atoms with Gasteiger partial charge in [-0.05, 0) is 44.7 Å². The summed E-state index contributed by atoms with van der Waals surface area (Å²) < 4.78 is 33.2. The number of aryl methyl sites for hydroxylation is 2. The minimum atomic E-state index is -3.25. The number of ether oxygens (including phenoxy) is 1. The molecule has 0 saturated carbocycles. The van der Waals surface area contributed by atoms with Crippen molar-refractivity contribution in [3.63, 3.8) is 0 Å². The van der Waals surface area contributed by atoms with Crippen molar-refractivity contribution in [2.45, 2.75) is 51.9 Å². The highest BCUT2D eigenvalue weighted by Gasteiger charge is 2.37. The molecule has 2 N–H and O–H groups in total. The average Bonchev–Trinajstić information content (AvgIpc) is 3.01. The van der Waals surface area contributed by atoms with Gasteiger partial charge in [-0.2, -0.15) is 0 Å². The van der Waals surface area contributed by atoms with E-state index in [1.54, 1.807) is 4.31 Å². The molecule has 6 nitrogen and oxygen atoms in total. The van der Waals surface area contributed by atoms with E-state index >= 15 is 0 Å². The van der Waals surface area contributed by atoms with E-state index in [1.165, 1.54) is 16.7 Å². The van der Waals surface area contributed by atoms with E-state index in [0.717, 1.165) is 12.8 Å². The summed E-state index contributed by atoms with van der Waals surface area (Å²) in [7, 11) is -3.25. The Bertz CT molecular complexity index is 722. The quantitative estimate of drug-likeness (QED) is 0.782. The molecule has 1 aromatic rings. The van der Waals surface area contributed by atoms with E-state index in [4.69, 9.17) is 4.74 Å². The molecule has 0 bridgehead atoms. The van der Waals surface area contributed by atoms with E-state index in [9.17, 15) is 8.42 Å². The fraction of sp³-hybridized carbons (Fsp3) is 0.684. The number of hydrogen-bond donors (Lipinski definition) is 2. The molecule has 1 atom stereocenters. The molecule has 1 aromatic carbocycles. The zero-order valence-electron chi connectivity index (χ0n) is 16.0. The van der Waals surface area contributed by atoms with Gasteiger partial charge in [0.15, 0.2) is 0 Å². The average molecular weight is 382 g/mol. The van der Waals surface area contributed by atoms with E-state index in [2.05, 4.69) is 42.7 Å². The molecule has 2 aliphatic rings. The van der Waals surface area contributed by atoms with Crippen LogP contribution in [-0.4, -0.2) is 56.4 Å². The van der Waals surface area contributed by atoms with Gasteiger partial charge < -0.3 is 10.1 Å². The number of sulfonamides is 1. The molecule has 3 rings (SSSR count). The van der Waals surface area contributed by atoms with Gasteiger partial charge in [-0.3, -0.25) is 5.32 Å². The van der Waals surface area contributed by atoms with Crippen LogP contribution in [0.5, 0.6) is 0 Å². The monoisotopic (exact) mass is 381 g/mol. The first-order valence-corrected chi connectivity index (χ1v) is 11.0. The molecular weight excluding hydrogens is 350 g/mol. The SMILES string of the molecule is Cc1ccc(C)c(COC2CCN(S(=O)(=O)C[C@]3(C)CNCN3)CC2)c1. The Morgan fingerprint density at radius 2 is 2.00 bits per heavy atom. The Morgan fingerprint density at radius 1 is 1.27 bits per heavy atom. The van der Waals surface area contributed by atoms with Crippen molar-refractivity contribution < 1.29 is 13.2 Å². The molecule has 2 saturated heterocycles. The Morgan fingerprint density at radius 3 is 2.65 bits per heavy atom. The first-order chi connectivity index (χ1) is 12.3. The fourth-order valence-corrected chi connectivity index (χ4v) is 5.67. The first-order valence-electron chi connectivity index (χ1n) is 9.39. The van der Waals surface area contributed by atoms with Crippen LogP contribution >= 0.6 is 0 Å². The van der Waals surface area contributed by atoms with Gasteiger partial charge in [0.1, 0.15) is 0 Å². The lowest BCUT2D eigenvalue weighted by atomic mass is 10.1. The van der Waals surface area contributed by atoms with Crippen LogP contribution in [0, 0.1) is 13.8 Å². The number of benzene rings is 1. The first kappa shape index (κ1) is 19.8. The minimum absolute atomic E-state index is 0.128. The molecule has 7 heteroatoms. The van der Waals surface area contributed by atoms with Crippen LogP contribution < -0.4 is 10.6 Å². The van der Waals surface area contributed by atoms with Gasteiger partial charge in [0, 0.05) is 31.8 Å². The maximum atomic E-state index is 12.7. The van der Waals surface area contributed by atoms with Crippen molar-refractivity contribution in [3.8, 4) is 0 Å². The van der Waals surface area contributed by atoms with Gasteiger partial charge in [0.2, 0.25) is 10.0 Å². The lowest BCUT2D eigenvalue weighted by Crippen LogP contribution is -2.51. The van der Waals surface area contributed by atoms with E-state index in [1.807, 2.05) is 6.92 Å². The maximum Gasteiger partial charge on any atom is 0.215 e. The minimum Gasteiger partial charge on any atom is -0.373 e. The summed E-state index contributed by atoms with van der Waals surface area (Å²) in [6.45, 7) is 9.18. The predicted octanol–water partition coefficient (Wildman–Crippen LogP) is 1.52.